The van der Waals surface area contributed by atoms with Crippen LogP contribution in [0, 0.1) is 11.8 Å². The molecule has 0 spiro atoms. The first kappa shape index (κ1) is 12.9. The molecule has 4 nitrogen and oxygen atoms in total. The molecule has 0 aliphatic heterocycles. The van der Waals surface area contributed by atoms with Crippen molar-refractivity contribution in [3.8, 4) is 0 Å². The number of aliphatic hydroxyl groups excluding tert-OH is 1. The lowest BCUT2D eigenvalue weighted by Gasteiger charge is -2.26. The van der Waals surface area contributed by atoms with Crippen molar-refractivity contribution < 1.29 is 18.7 Å². The molecule has 2 atom stereocenters. The number of carbonyl (C=O) groups excluding carboxylic acids is 1. The van der Waals surface area contributed by atoms with E-state index in [0.717, 1.165) is 25.1 Å². The molecule has 98 valence electrons. The van der Waals surface area contributed by atoms with E-state index in [4.69, 9.17) is 0 Å². The summed E-state index contributed by atoms with van der Waals surface area (Å²) in [6.07, 6.45) is 3.30. The highest BCUT2D eigenvalue weighted by molar-refractivity contribution is 5.94. The third kappa shape index (κ3) is 2.81. The average Bonchev–Trinajstić information content (AvgIpc) is 2.32. The van der Waals surface area contributed by atoms with Crippen LogP contribution in [-0.4, -0.2) is 28.1 Å². The molecule has 2 N–H and O–H groups in total. The van der Waals surface area contributed by atoms with Crippen molar-refractivity contribution in [3.63, 3.8) is 0 Å². The van der Waals surface area contributed by atoms with Crippen LogP contribution in [0.3, 0.4) is 0 Å². The Bertz CT molecular complexity index is 454. The molecule has 1 aromatic heterocycles. The summed E-state index contributed by atoms with van der Waals surface area (Å²) in [5.41, 5.74) is -0.359. The normalized spacial score (nSPS) is 23.7. The first-order chi connectivity index (χ1) is 8.58. The number of pyridine rings is 1. The van der Waals surface area contributed by atoms with E-state index >= 15 is 0 Å². The van der Waals surface area contributed by atoms with Crippen LogP contribution in [0.15, 0.2) is 12.3 Å². The van der Waals surface area contributed by atoms with Gasteiger partial charge in [0.2, 0.25) is 5.95 Å². The van der Waals surface area contributed by atoms with Gasteiger partial charge in [-0.3, -0.25) is 4.79 Å². The summed E-state index contributed by atoms with van der Waals surface area (Å²) in [5.74, 6) is -3.20. The minimum atomic E-state index is -1.29. The Hall–Kier alpha value is -1.56. The van der Waals surface area contributed by atoms with E-state index in [0.29, 0.717) is 12.8 Å². The molecule has 1 aliphatic carbocycles. The molecular weight excluding hydrogens is 242 g/mol. The van der Waals surface area contributed by atoms with Gasteiger partial charge in [0, 0.05) is 12.2 Å². The van der Waals surface area contributed by atoms with Gasteiger partial charge in [-0.2, -0.15) is 4.39 Å². The maximum absolute atomic E-state index is 13.3. The molecule has 1 saturated carbocycles. The van der Waals surface area contributed by atoms with Gasteiger partial charge in [0.25, 0.3) is 5.91 Å². The van der Waals surface area contributed by atoms with Crippen molar-refractivity contribution in [2.24, 2.45) is 0 Å². The van der Waals surface area contributed by atoms with Gasteiger partial charge in [-0.05, 0) is 31.7 Å². The molecule has 1 aliphatic rings. The van der Waals surface area contributed by atoms with Gasteiger partial charge in [-0.15, -0.1) is 0 Å². The van der Waals surface area contributed by atoms with E-state index in [1.807, 2.05) is 0 Å². The monoisotopic (exact) mass is 256 g/mol. The highest BCUT2D eigenvalue weighted by Gasteiger charge is 2.24. The van der Waals surface area contributed by atoms with Crippen LogP contribution in [0.25, 0.3) is 0 Å². The van der Waals surface area contributed by atoms with E-state index in [-0.39, 0.29) is 11.6 Å². The number of nitrogens with one attached hydrogen (secondary N) is 1. The maximum atomic E-state index is 13.3. The summed E-state index contributed by atoms with van der Waals surface area (Å²) in [4.78, 5) is 14.9. The molecule has 2 rings (SSSR count). The van der Waals surface area contributed by atoms with E-state index in [2.05, 4.69) is 10.3 Å². The number of aliphatic hydroxyl groups is 1. The number of hydrogen-bond donors (Lipinski definition) is 2. The van der Waals surface area contributed by atoms with E-state index in [9.17, 15) is 18.7 Å². The predicted octanol–water partition coefficient (Wildman–Crippen LogP) is 1.39. The Balaban J connectivity index is 2.05. The molecule has 0 aromatic carbocycles. The van der Waals surface area contributed by atoms with Crippen LogP contribution in [-0.2, 0) is 0 Å². The van der Waals surface area contributed by atoms with Crippen LogP contribution < -0.4 is 5.32 Å². The van der Waals surface area contributed by atoms with E-state index < -0.39 is 23.8 Å². The number of rotatable bonds is 2. The van der Waals surface area contributed by atoms with Crippen molar-refractivity contribution in [2.45, 2.75) is 37.8 Å². The predicted molar refractivity (Wildman–Crippen MR) is 59.9 cm³/mol. The third-order valence-corrected chi connectivity index (χ3v) is 3.07. The highest BCUT2D eigenvalue weighted by atomic mass is 19.2. The second-order valence-electron chi connectivity index (χ2n) is 4.45. The van der Waals surface area contributed by atoms with Crippen LogP contribution in [0.1, 0.15) is 36.0 Å². The Labute approximate surface area is 103 Å². The summed E-state index contributed by atoms with van der Waals surface area (Å²) < 4.78 is 26.2. The second kappa shape index (κ2) is 5.39. The Kier molecular flexibility index (Phi) is 3.86. The molecule has 0 saturated heterocycles. The second-order valence-corrected chi connectivity index (χ2v) is 4.45. The molecule has 18 heavy (non-hydrogen) atoms. The summed E-state index contributed by atoms with van der Waals surface area (Å²) in [6, 6.07) is 0.935. The lowest BCUT2D eigenvalue weighted by Crippen LogP contribution is -2.40. The minimum absolute atomic E-state index is 0.197. The molecule has 0 bridgehead atoms. The summed E-state index contributed by atoms with van der Waals surface area (Å²) in [6.45, 7) is 0. The first-order valence-corrected chi connectivity index (χ1v) is 5.87. The Morgan fingerprint density at radius 2 is 2.22 bits per heavy atom. The lowest BCUT2D eigenvalue weighted by atomic mass is 9.93. The summed E-state index contributed by atoms with van der Waals surface area (Å²) >= 11 is 0. The average molecular weight is 256 g/mol. The van der Waals surface area contributed by atoms with Gasteiger partial charge in [0.15, 0.2) is 5.82 Å². The Morgan fingerprint density at radius 1 is 1.44 bits per heavy atom. The fourth-order valence-corrected chi connectivity index (χ4v) is 2.15. The van der Waals surface area contributed by atoms with Gasteiger partial charge in [-0.25, -0.2) is 9.37 Å². The molecule has 2 unspecified atom stereocenters. The SMILES string of the molecule is O=C(NC1CCCC(O)C1)c1ccnc(F)c1F. The van der Waals surface area contributed by atoms with Crippen LogP contribution in [0.5, 0.6) is 0 Å². The molecule has 1 heterocycles. The number of halogens is 2. The quantitative estimate of drug-likeness (QED) is 0.786. The van der Waals surface area contributed by atoms with E-state index in [1.54, 1.807) is 0 Å². The number of carbonyl (C=O) groups is 1. The van der Waals surface area contributed by atoms with Crippen molar-refractivity contribution in [2.75, 3.05) is 0 Å². The number of aromatic nitrogens is 1. The number of hydrogen-bond acceptors (Lipinski definition) is 3. The van der Waals surface area contributed by atoms with Crippen LogP contribution >= 0.6 is 0 Å². The first-order valence-electron chi connectivity index (χ1n) is 5.87. The number of amides is 1. The van der Waals surface area contributed by atoms with Gasteiger partial charge in [0.05, 0.1) is 11.7 Å². The van der Waals surface area contributed by atoms with Gasteiger partial charge < -0.3 is 10.4 Å². The lowest BCUT2D eigenvalue weighted by molar-refractivity contribution is 0.0845. The Morgan fingerprint density at radius 3 is 2.94 bits per heavy atom. The zero-order valence-corrected chi connectivity index (χ0v) is 9.70. The van der Waals surface area contributed by atoms with Gasteiger partial charge in [-0.1, -0.05) is 0 Å². The fraction of sp³-hybridized carbons (Fsp3) is 0.500. The summed E-state index contributed by atoms with van der Waals surface area (Å²) in [5, 5.41) is 12.1. The van der Waals surface area contributed by atoms with Crippen LogP contribution in [0.4, 0.5) is 8.78 Å². The molecule has 1 amide bonds. The molecule has 0 radical (unpaired) electrons. The van der Waals surface area contributed by atoms with Crippen molar-refractivity contribution in [1.29, 1.82) is 0 Å². The molecular formula is C12H14F2N2O2. The fourth-order valence-electron chi connectivity index (χ4n) is 2.15. The van der Waals surface area contributed by atoms with Gasteiger partial charge in [0.1, 0.15) is 0 Å². The van der Waals surface area contributed by atoms with Gasteiger partial charge >= 0.3 is 0 Å². The standard InChI is InChI=1S/C12H14F2N2O2/c13-10-9(4-5-15-11(10)14)12(18)16-7-2-1-3-8(17)6-7/h4-5,7-8,17H,1-3,6H2,(H,16,18). The highest BCUT2D eigenvalue weighted by Crippen LogP contribution is 2.19. The topological polar surface area (TPSA) is 62.2 Å². The smallest absolute Gasteiger partial charge is 0.254 e. The van der Waals surface area contributed by atoms with E-state index in [1.165, 1.54) is 0 Å². The largest absolute Gasteiger partial charge is 0.393 e. The minimum Gasteiger partial charge on any atom is -0.393 e. The van der Waals surface area contributed by atoms with Crippen LogP contribution in [0.2, 0.25) is 0 Å². The van der Waals surface area contributed by atoms with Crippen molar-refractivity contribution >= 4 is 5.91 Å². The number of nitrogens with zero attached hydrogens (tertiary/aromatic N) is 1. The zero-order valence-electron chi connectivity index (χ0n) is 9.70. The molecule has 1 aromatic rings. The molecule has 1 fully saturated rings. The third-order valence-electron chi connectivity index (χ3n) is 3.07. The van der Waals surface area contributed by atoms with Crippen molar-refractivity contribution in [3.05, 3.63) is 29.6 Å². The maximum Gasteiger partial charge on any atom is 0.254 e. The van der Waals surface area contributed by atoms with Crippen molar-refractivity contribution in [1.82, 2.24) is 10.3 Å². The zero-order chi connectivity index (χ0) is 13.1. The molecule has 6 heteroatoms. The summed E-state index contributed by atoms with van der Waals surface area (Å²) in [7, 11) is 0.